The molecule has 1 unspecified atom stereocenters. The molecule has 0 aliphatic heterocycles. The second kappa shape index (κ2) is 4.40. The summed E-state index contributed by atoms with van der Waals surface area (Å²) in [5.74, 6) is 2.02. The summed E-state index contributed by atoms with van der Waals surface area (Å²) in [6.07, 6.45) is 0. The Balaban J connectivity index is 2.61. The molecule has 0 saturated heterocycles. The van der Waals surface area contributed by atoms with Crippen molar-refractivity contribution in [2.24, 2.45) is 5.41 Å². The van der Waals surface area contributed by atoms with Crippen molar-refractivity contribution in [1.29, 1.82) is 0 Å². The van der Waals surface area contributed by atoms with Gasteiger partial charge in [0, 0.05) is 18.2 Å². The molecule has 0 aromatic carbocycles. The molecule has 0 saturated carbocycles. The number of hydrogen-bond donors (Lipinski definition) is 1. The van der Waals surface area contributed by atoms with Gasteiger partial charge < -0.3 is 9.73 Å². The summed E-state index contributed by atoms with van der Waals surface area (Å²) in [4.78, 5) is 0. The lowest BCUT2D eigenvalue weighted by atomic mass is 9.96. The fraction of sp³-hybridized carbons (Fsp3) is 0.692. The Labute approximate surface area is 93.1 Å². The van der Waals surface area contributed by atoms with Gasteiger partial charge in [0.15, 0.2) is 0 Å². The van der Waals surface area contributed by atoms with E-state index in [0.717, 1.165) is 18.1 Å². The van der Waals surface area contributed by atoms with Crippen molar-refractivity contribution in [3.8, 4) is 0 Å². The summed E-state index contributed by atoms with van der Waals surface area (Å²) in [5, 5.41) is 3.53. The Morgan fingerprint density at radius 2 is 1.93 bits per heavy atom. The van der Waals surface area contributed by atoms with E-state index in [9.17, 15) is 0 Å². The maximum atomic E-state index is 5.53. The zero-order chi connectivity index (χ0) is 11.6. The predicted octanol–water partition coefficient (Wildman–Crippen LogP) is 3.59. The molecular weight excluding hydrogens is 186 g/mol. The van der Waals surface area contributed by atoms with Crippen LogP contribution in [-0.2, 0) is 0 Å². The van der Waals surface area contributed by atoms with Crippen LogP contribution in [0.3, 0.4) is 0 Å². The number of furan rings is 1. The van der Waals surface area contributed by atoms with E-state index in [-0.39, 0.29) is 0 Å². The molecule has 1 atom stereocenters. The average molecular weight is 209 g/mol. The minimum Gasteiger partial charge on any atom is -0.466 e. The molecule has 2 nitrogen and oxygen atoms in total. The normalized spacial score (nSPS) is 14.3. The van der Waals surface area contributed by atoms with Gasteiger partial charge in [-0.1, -0.05) is 20.8 Å². The molecule has 0 bridgehead atoms. The summed E-state index contributed by atoms with van der Waals surface area (Å²) in [6, 6.07) is 2.48. The fourth-order valence-corrected chi connectivity index (χ4v) is 1.65. The van der Waals surface area contributed by atoms with Crippen molar-refractivity contribution in [2.75, 3.05) is 6.54 Å². The van der Waals surface area contributed by atoms with Crippen molar-refractivity contribution in [3.05, 3.63) is 23.2 Å². The van der Waals surface area contributed by atoms with Gasteiger partial charge in [-0.05, 0) is 32.3 Å². The molecule has 2 heteroatoms. The van der Waals surface area contributed by atoms with Crippen molar-refractivity contribution in [2.45, 2.75) is 47.6 Å². The Morgan fingerprint density at radius 3 is 2.33 bits per heavy atom. The lowest BCUT2D eigenvalue weighted by molar-refractivity contribution is 0.358. The quantitative estimate of drug-likeness (QED) is 0.823. The summed E-state index contributed by atoms with van der Waals surface area (Å²) in [5.41, 5.74) is 1.60. The summed E-state index contributed by atoms with van der Waals surface area (Å²) in [7, 11) is 0. The molecule has 0 amide bonds. The largest absolute Gasteiger partial charge is 0.466 e. The van der Waals surface area contributed by atoms with Crippen LogP contribution in [0.15, 0.2) is 10.5 Å². The number of aryl methyl sites for hydroxylation is 2. The van der Waals surface area contributed by atoms with E-state index < -0.39 is 0 Å². The molecule has 0 radical (unpaired) electrons. The monoisotopic (exact) mass is 209 g/mol. The summed E-state index contributed by atoms with van der Waals surface area (Å²) in [6.45, 7) is 13.9. The molecule has 1 N–H and O–H groups in total. The Hall–Kier alpha value is -0.760. The van der Waals surface area contributed by atoms with Gasteiger partial charge in [-0.2, -0.15) is 0 Å². The maximum Gasteiger partial charge on any atom is 0.105 e. The third-order valence-corrected chi connectivity index (χ3v) is 2.48. The van der Waals surface area contributed by atoms with Gasteiger partial charge in [0.05, 0.1) is 0 Å². The lowest BCUT2D eigenvalue weighted by Gasteiger charge is -2.22. The Kier molecular flexibility index (Phi) is 3.61. The first-order valence-corrected chi connectivity index (χ1v) is 5.60. The smallest absolute Gasteiger partial charge is 0.105 e. The van der Waals surface area contributed by atoms with Crippen LogP contribution in [0.5, 0.6) is 0 Å². The molecule has 0 fully saturated rings. The van der Waals surface area contributed by atoms with E-state index in [1.807, 2.05) is 13.8 Å². The molecule has 86 valence electrons. The minimum absolute atomic E-state index is 0.320. The molecular formula is C13H23NO. The van der Waals surface area contributed by atoms with Crippen LogP contribution >= 0.6 is 0 Å². The topological polar surface area (TPSA) is 25.2 Å². The molecule has 1 aromatic rings. The van der Waals surface area contributed by atoms with Gasteiger partial charge in [-0.3, -0.25) is 0 Å². The number of nitrogens with one attached hydrogen (secondary N) is 1. The zero-order valence-electron chi connectivity index (χ0n) is 10.8. The van der Waals surface area contributed by atoms with Crippen LogP contribution in [0.25, 0.3) is 0 Å². The van der Waals surface area contributed by atoms with E-state index in [2.05, 4.69) is 39.1 Å². The molecule has 0 spiro atoms. The maximum absolute atomic E-state index is 5.53. The third kappa shape index (κ3) is 3.71. The van der Waals surface area contributed by atoms with Gasteiger partial charge in [0.25, 0.3) is 0 Å². The molecule has 1 aromatic heterocycles. The van der Waals surface area contributed by atoms with E-state index >= 15 is 0 Å². The zero-order valence-corrected chi connectivity index (χ0v) is 10.8. The highest BCUT2D eigenvalue weighted by Crippen LogP contribution is 2.22. The molecule has 1 heterocycles. The van der Waals surface area contributed by atoms with E-state index in [1.54, 1.807) is 0 Å². The van der Waals surface area contributed by atoms with Crippen molar-refractivity contribution in [1.82, 2.24) is 5.32 Å². The number of hydrogen-bond acceptors (Lipinski definition) is 2. The fourth-order valence-electron chi connectivity index (χ4n) is 1.65. The third-order valence-electron chi connectivity index (χ3n) is 2.48. The van der Waals surface area contributed by atoms with E-state index in [1.165, 1.54) is 5.56 Å². The van der Waals surface area contributed by atoms with Gasteiger partial charge in [-0.15, -0.1) is 0 Å². The highest BCUT2D eigenvalue weighted by atomic mass is 16.3. The highest BCUT2D eigenvalue weighted by Gasteiger charge is 2.15. The minimum atomic E-state index is 0.320. The van der Waals surface area contributed by atoms with Gasteiger partial charge in [-0.25, -0.2) is 0 Å². The SMILES string of the molecule is Cc1cc(C(C)NCC(C)(C)C)c(C)o1. The van der Waals surface area contributed by atoms with E-state index in [4.69, 9.17) is 4.42 Å². The molecule has 0 aliphatic rings. The van der Waals surface area contributed by atoms with Crippen LogP contribution < -0.4 is 5.32 Å². The molecule has 15 heavy (non-hydrogen) atoms. The van der Waals surface area contributed by atoms with Crippen LogP contribution in [0.1, 0.15) is 50.8 Å². The first kappa shape index (κ1) is 12.3. The van der Waals surface area contributed by atoms with Crippen LogP contribution in [-0.4, -0.2) is 6.54 Å². The first-order valence-electron chi connectivity index (χ1n) is 5.60. The van der Waals surface area contributed by atoms with Crippen LogP contribution in [0.4, 0.5) is 0 Å². The van der Waals surface area contributed by atoms with Crippen LogP contribution in [0.2, 0.25) is 0 Å². The highest BCUT2D eigenvalue weighted by molar-refractivity contribution is 5.23. The van der Waals surface area contributed by atoms with E-state index in [0.29, 0.717) is 11.5 Å². The lowest BCUT2D eigenvalue weighted by Crippen LogP contribution is -2.29. The van der Waals surface area contributed by atoms with Crippen molar-refractivity contribution < 1.29 is 4.42 Å². The van der Waals surface area contributed by atoms with Gasteiger partial charge in [0.2, 0.25) is 0 Å². The second-order valence-corrected chi connectivity index (χ2v) is 5.53. The predicted molar refractivity (Wildman–Crippen MR) is 64.1 cm³/mol. The van der Waals surface area contributed by atoms with Gasteiger partial charge >= 0.3 is 0 Å². The average Bonchev–Trinajstić information content (AvgIpc) is 2.40. The Morgan fingerprint density at radius 1 is 1.33 bits per heavy atom. The van der Waals surface area contributed by atoms with Crippen molar-refractivity contribution in [3.63, 3.8) is 0 Å². The Bertz CT molecular complexity index is 320. The van der Waals surface area contributed by atoms with Crippen LogP contribution in [0, 0.1) is 19.3 Å². The molecule has 0 aliphatic carbocycles. The summed E-state index contributed by atoms with van der Waals surface area (Å²) < 4.78 is 5.53. The molecule has 1 rings (SSSR count). The van der Waals surface area contributed by atoms with Crippen molar-refractivity contribution >= 4 is 0 Å². The van der Waals surface area contributed by atoms with Gasteiger partial charge in [0.1, 0.15) is 11.5 Å². The first-order chi connectivity index (χ1) is 6.79. The second-order valence-electron chi connectivity index (χ2n) is 5.53. The standard InChI is InChI=1S/C13H23NO/c1-9-7-12(11(3)15-9)10(2)14-8-13(4,5)6/h7,10,14H,8H2,1-6H3. The number of rotatable bonds is 3. The summed E-state index contributed by atoms with van der Waals surface area (Å²) >= 11 is 0.